The fraction of sp³-hybridized carbons (Fsp3) is 0.156. The third-order valence-corrected chi connectivity index (χ3v) is 13.5. The monoisotopic (exact) mass is 1110 g/mol. The summed E-state index contributed by atoms with van der Waals surface area (Å²) in [6.45, 7) is 17.9. The van der Waals surface area contributed by atoms with E-state index in [1.807, 2.05) is 36.5 Å². The Labute approximate surface area is 431 Å². The number of nitrogens with zero attached hydrogens (tertiary/aromatic N) is 4. The predicted molar refractivity (Wildman–Crippen MR) is 287 cm³/mol. The molecule has 0 amide bonds. The molecule has 0 unspecified atom stereocenters. The molecule has 2 aromatic heterocycles. The van der Waals surface area contributed by atoms with E-state index >= 15 is 0 Å². The van der Waals surface area contributed by atoms with E-state index in [1.165, 1.54) is 45.5 Å². The van der Waals surface area contributed by atoms with Crippen molar-refractivity contribution in [3.63, 3.8) is 0 Å². The molecule has 5 nitrogen and oxygen atoms in total. The first-order valence-corrected chi connectivity index (χ1v) is 24.2. The van der Waals surface area contributed by atoms with Gasteiger partial charge in [-0.25, -0.2) is 9.37 Å². The zero-order valence-corrected chi connectivity index (χ0v) is 43.2. The number of hydrogen-bond donors (Lipinski definition) is 0. The number of pyridine rings is 1. The molecule has 1 aliphatic rings. The van der Waals surface area contributed by atoms with Crippen molar-refractivity contribution in [2.45, 2.75) is 65.7 Å². The second kappa shape index (κ2) is 19.1. The van der Waals surface area contributed by atoms with Gasteiger partial charge in [-0.05, 0) is 110 Å². The maximum Gasteiger partial charge on any atom is 0.135 e. The zero-order chi connectivity index (χ0) is 48.3. The van der Waals surface area contributed by atoms with Gasteiger partial charge in [0, 0.05) is 66.9 Å². The molecule has 0 atom stereocenters. The second-order valence-electron chi connectivity index (χ2n) is 19.9. The number of aromatic nitrogens is 2. The van der Waals surface area contributed by atoms with Crippen molar-refractivity contribution in [1.82, 2.24) is 9.55 Å². The Morgan fingerprint density at radius 1 is 0.563 bits per heavy atom. The number of anilines is 4. The molecule has 0 fully saturated rings. The van der Waals surface area contributed by atoms with E-state index in [2.05, 4.69) is 215 Å². The third-order valence-electron chi connectivity index (χ3n) is 13.5. The normalized spacial score (nSPS) is 12.5. The summed E-state index contributed by atoms with van der Waals surface area (Å²) >= 11 is 0. The first kappa shape index (κ1) is 47.4. The Kier molecular flexibility index (Phi) is 12.8. The molecule has 0 saturated heterocycles. The van der Waals surface area contributed by atoms with E-state index in [4.69, 9.17) is 9.72 Å². The molecule has 1 aliphatic heterocycles. The Morgan fingerprint density at radius 2 is 1.21 bits per heavy atom. The van der Waals surface area contributed by atoms with Crippen molar-refractivity contribution < 1.29 is 30.2 Å². The van der Waals surface area contributed by atoms with Gasteiger partial charge >= 0.3 is 0 Å². The van der Waals surface area contributed by atoms with Gasteiger partial charge in [0.25, 0.3) is 0 Å². The van der Waals surface area contributed by atoms with Crippen LogP contribution in [-0.2, 0) is 26.5 Å². The van der Waals surface area contributed by atoms with Crippen molar-refractivity contribution in [1.29, 1.82) is 0 Å². The van der Waals surface area contributed by atoms with Crippen molar-refractivity contribution in [2.24, 2.45) is 0 Å². The topological polar surface area (TPSA) is 33.5 Å². The van der Waals surface area contributed by atoms with Gasteiger partial charge < -0.3 is 19.1 Å². The molecule has 10 aromatic rings. The Balaban J connectivity index is 0.00000582. The number of fused-ring (bicyclic) bond motifs is 4. The second-order valence-corrected chi connectivity index (χ2v) is 19.9. The molecule has 356 valence electrons. The third kappa shape index (κ3) is 8.95. The number of hydrogen-bond acceptors (Lipinski definition) is 4. The van der Waals surface area contributed by atoms with Crippen LogP contribution in [0, 0.1) is 24.6 Å². The van der Waals surface area contributed by atoms with Gasteiger partial charge in [0.15, 0.2) is 0 Å². The van der Waals surface area contributed by atoms with E-state index in [9.17, 15) is 4.39 Å². The Bertz CT molecular complexity index is 3540. The maximum absolute atomic E-state index is 14.2. The van der Waals surface area contributed by atoms with Crippen LogP contribution in [0.4, 0.5) is 27.1 Å². The number of halogens is 1. The van der Waals surface area contributed by atoms with Gasteiger partial charge in [0.05, 0.1) is 0 Å². The smallest absolute Gasteiger partial charge is 0.135 e. The van der Waals surface area contributed by atoms with E-state index in [1.54, 1.807) is 0 Å². The quantitative estimate of drug-likeness (QED) is 0.128. The standard InChI is InChI=1S/C64H54FN4O.Pt/c1-41(2)55-35-45(43-17-9-8-10-18-43)36-56(42(3)4)63(55)46-33-49(67-40-68(60-24-16-15-23-59(60)67)57-21-13-11-19-52(57)44-25-27-48(65)28-26-44)38-51(34-46)70-50-29-30-54-53-20-12-14-22-58(53)69(61(54)39-50)62-37-47(31-32-66-62)64(5,6)7;/h8-37,40-42H,1-7H3;/q-3;. The molecule has 7 heteroatoms. The molecule has 71 heavy (non-hydrogen) atoms. The summed E-state index contributed by atoms with van der Waals surface area (Å²) in [5.74, 6) is 2.13. The van der Waals surface area contributed by atoms with Crippen LogP contribution in [0.15, 0.2) is 182 Å². The minimum atomic E-state index is -0.266. The summed E-state index contributed by atoms with van der Waals surface area (Å²) in [6, 6.07) is 67.6. The molecule has 0 N–H and O–H groups in total. The van der Waals surface area contributed by atoms with Crippen LogP contribution < -0.4 is 14.5 Å². The van der Waals surface area contributed by atoms with Gasteiger partial charge in [-0.1, -0.05) is 157 Å². The van der Waals surface area contributed by atoms with E-state index in [0.29, 0.717) is 11.5 Å². The summed E-state index contributed by atoms with van der Waals surface area (Å²) in [5.41, 5.74) is 15.9. The van der Waals surface area contributed by atoms with Crippen LogP contribution >= 0.6 is 0 Å². The fourth-order valence-electron chi connectivity index (χ4n) is 9.94. The first-order chi connectivity index (χ1) is 33.9. The molecule has 0 spiro atoms. The molecule has 0 radical (unpaired) electrons. The SMILES string of the molecule is CC(C)c1cc(-c2ccccc2)cc(C(C)C)c1-c1cc(Oc2[c-]c3c(cc2)c2ccccc2n3-c2cc(C(C)(C)C)ccn2)[c-]c(N2[CH-]N(c3ccccc3-c3ccc(F)cc3)c3ccccc32)c1.[Pt]. The molecule has 11 rings (SSSR count). The van der Waals surface area contributed by atoms with Gasteiger partial charge in [-0.15, -0.1) is 53.6 Å². The summed E-state index contributed by atoms with van der Waals surface area (Å²) in [4.78, 5) is 9.34. The van der Waals surface area contributed by atoms with E-state index < -0.39 is 0 Å². The number of para-hydroxylation sites is 4. The average Bonchev–Trinajstić information content (AvgIpc) is 3.92. The van der Waals surface area contributed by atoms with Crippen LogP contribution in [0.25, 0.3) is 61.0 Å². The molecule has 8 aromatic carbocycles. The van der Waals surface area contributed by atoms with E-state index in [-0.39, 0.29) is 44.1 Å². The summed E-state index contributed by atoms with van der Waals surface area (Å²) < 4.78 is 23.5. The maximum atomic E-state index is 14.2. The predicted octanol–water partition coefficient (Wildman–Crippen LogP) is 17.7. The van der Waals surface area contributed by atoms with Gasteiger partial charge in [-0.3, -0.25) is 0 Å². The first-order valence-electron chi connectivity index (χ1n) is 24.2. The van der Waals surface area contributed by atoms with E-state index in [0.717, 1.165) is 67.1 Å². The van der Waals surface area contributed by atoms with Crippen molar-refractivity contribution in [3.8, 4) is 50.7 Å². The fourth-order valence-corrected chi connectivity index (χ4v) is 9.94. The average molecular weight is 1110 g/mol. The molecule has 0 saturated carbocycles. The van der Waals surface area contributed by atoms with Crippen molar-refractivity contribution in [3.05, 3.63) is 223 Å². The van der Waals surface area contributed by atoms with Crippen LogP contribution in [0.1, 0.15) is 77.0 Å². The van der Waals surface area contributed by atoms with Gasteiger partial charge in [-0.2, -0.15) is 6.07 Å². The Hall–Kier alpha value is -7.27. The molecule has 0 aliphatic carbocycles. The van der Waals surface area contributed by atoms with Gasteiger partial charge in [0.2, 0.25) is 0 Å². The number of ether oxygens (including phenoxy) is 1. The molecule has 3 heterocycles. The minimum absolute atomic E-state index is 0. The molecular weight excluding hydrogens is 1050 g/mol. The number of benzene rings is 8. The molecular formula is C64H54FN4OPt-3. The largest absolute Gasteiger partial charge is 0.509 e. The van der Waals surface area contributed by atoms with Crippen LogP contribution in [-0.4, -0.2) is 9.55 Å². The van der Waals surface area contributed by atoms with Gasteiger partial charge in [0.1, 0.15) is 11.6 Å². The molecule has 0 bridgehead atoms. The minimum Gasteiger partial charge on any atom is -0.509 e. The van der Waals surface area contributed by atoms with Crippen LogP contribution in [0.3, 0.4) is 0 Å². The summed E-state index contributed by atoms with van der Waals surface area (Å²) in [5, 5.41) is 2.18. The van der Waals surface area contributed by atoms with Crippen LogP contribution in [0.2, 0.25) is 0 Å². The zero-order valence-electron chi connectivity index (χ0n) is 40.9. The van der Waals surface area contributed by atoms with Crippen LogP contribution in [0.5, 0.6) is 11.5 Å². The van der Waals surface area contributed by atoms with Crippen molar-refractivity contribution in [2.75, 3.05) is 9.80 Å². The summed E-state index contributed by atoms with van der Waals surface area (Å²) in [6.07, 6.45) is 1.90. The number of rotatable bonds is 10. The summed E-state index contributed by atoms with van der Waals surface area (Å²) in [7, 11) is 0. The Morgan fingerprint density at radius 3 is 1.92 bits per heavy atom. The van der Waals surface area contributed by atoms with Crippen molar-refractivity contribution >= 4 is 44.6 Å².